The fourth-order valence-corrected chi connectivity index (χ4v) is 5.14. The molecule has 0 saturated carbocycles. The molecular formula is C31H41N3O9. The fraction of sp³-hybridized carbons (Fsp3) is 0.484. The van der Waals surface area contributed by atoms with Crippen molar-refractivity contribution in [3.05, 3.63) is 65.7 Å². The Balaban J connectivity index is 1.69. The summed E-state index contributed by atoms with van der Waals surface area (Å²) in [5.41, 5.74) is 1.04. The summed E-state index contributed by atoms with van der Waals surface area (Å²) in [5.74, 6) is -2.61. The van der Waals surface area contributed by atoms with Crippen LogP contribution in [0.2, 0.25) is 0 Å². The van der Waals surface area contributed by atoms with Crippen molar-refractivity contribution in [3.8, 4) is 0 Å². The molecule has 2 aromatic rings. The highest BCUT2D eigenvalue weighted by Crippen LogP contribution is 2.30. The number of benzene rings is 2. The monoisotopic (exact) mass is 599 g/mol. The number of nitrogens with zero attached hydrogens (tertiary/aromatic N) is 1. The molecule has 3 rings (SSSR count). The highest BCUT2D eigenvalue weighted by Gasteiger charge is 2.44. The van der Waals surface area contributed by atoms with Gasteiger partial charge in [0.2, 0.25) is 11.8 Å². The Morgan fingerprint density at radius 1 is 0.930 bits per heavy atom. The average Bonchev–Trinajstić information content (AvgIpc) is 3.05. The third-order valence-corrected chi connectivity index (χ3v) is 8.13. The third kappa shape index (κ3) is 7.96. The molecule has 3 unspecified atom stereocenters. The van der Waals surface area contributed by atoms with E-state index < -0.39 is 60.2 Å². The number of amides is 2. The molecule has 1 saturated heterocycles. The number of aliphatic hydroxyl groups excluding tert-OH is 4. The summed E-state index contributed by atoms with van der Waals surface area (Å²) >= 11 is 0. The topological polar surface area (TPSA) is 186 Å². The molecule has 12 nitrogen and oxygen atoms in total. The second-order valence-electron chi connectivity index (χ2n) is 10.9. The van der Waals surface area contributed by atoms with E-state index in [9.17, 15) is 34.5 Å². The van der Waals surface area contributed by atoms with E-state index in [0.717, 1.165) is 11.3 Å². The Bertz CT molecular complexity index is 1250. The number of esters is 1. The summed E-state index contributed by atoms with van der Waals surface area (Å²) in [6.45, 7) is 3.40. The van der Waals surface area contributed by atoms with E-state index in [0.29, 0.717) is 31.5 Å². The van der Waals surface area contributed by atoms with E-state index >= 15 is 0 Å². The van der Waals surface area contributed by atoms with E-state index in [4.69, 9.17) is 9.84 Å². The summed E-state index contributed by atoms with van der Waals surface area (Å²) in [7, 11) is 1.29. The van der Waals surface area contributed by atoms with Crippen molar-refractivity contribution >= 4 is 29.8 Å². The van der Waals surface area contributed by atoms with Gasteiger partial charge in [0.1, 0.15) is 36.2 Å². The summed E-state index contributed by atoms with van der Waals surface area (Å²) in [6.07, 6.45) is -4.52. The average molecular weight is 600 g/mol. The molecule has 1 heterocycles. The standard InChI is InChI=1S/C31H41N3O9/c1-19(21-8-5-4-6-9-21)29(41)33-31(30(42)43-3)12-14-34(15-13-31)23-11-7-10-22(16-23)20(2)28(40)32-24(17-35)26(38)27(39)25(37)18-36/h4-11,16-17,19-20,24-27,36-39H,12-15,18H2,1-3H3,(H,32,40)(H,33,41)/t19?,20?,24-,25?,26+,27+/m0/s1. The molecule has 0 aromatic heterocycles. The number of piperidine rings is 1. The van der Waals surface area contributed by atoms with Crippen LogP contribution in [-0.2, 0) is 23.9 Å². The summed E-state index contributed by atoms with van der Waals surface area (Å²) in [5, 5.41) is 44.0. The Labute approximate surface area is 250 Å². The quantitative estimate of drug-likeness (QED) is 0.135. The van der Waals surface area contributed by atoms with Crippen LogP contribution in [0.25, 0.3) is 0 Å². The number of aliphatic hydroxyl groups is 4. The molecular weight excluding hydrogens is 558 g/mol. The van der Waals surface area contributed by atoms with Gasteiger partial charge in [-0.1, -0.05) is 42.5 Å². The predicted octanol–water partition coefficient (Wildman–Crippen LogP) is -0.0193. The van der Waals surface area contributed by atoms with Crippen molar-refractivity contribution in [3.63, 3.8) is 0 Å². The number of rotatable bonds is 13. The SMILES string of the molecule is COC(=O)C1(NC(=O)C(C)c2ccccc2)CCN(c2cccc(C(C)C(=O)N[C@@H](C=O)[C@@H](O)[C@H](O)C(O)CO)c2)CC1. The van der Waals surface area contributed by atoms with Crippen LogP contribution < -0.4 is 15.5 Å². The number of ether oxygens (including phenoxy) is 1. The molecule has 12 heteroatoms. The molecule has 0 radical (unpaired) electrons. The largest absolute Gasteiger partial charge is 0.467 e. The highest BCUT2D eigenvalue weighted by atomic mass is 16.5. The van der Waals surface area contributed by atoms with Crippen molar-refractivity contribution in [1.29, 1.82) is 0 Å². The third-order valence-electron chi connectivity index (χ3n) is 8.13. The molecule has 0 spiro atoms. The molecule has 1 aliphatic heterocycles. The first kappa shape index (κ1) is 33.7. The molecule has 234 valence electrons. The van der Waals surface area contributed by atoms with Crippen molar-refractivity contribution in [2.75, 3.05) is 31.7 Å². The molecule has 2 amide bonds. The van der Waals surface area contributed by atoms with Crippen LogP contribution in [0.1, 0.15) is 49.7 Å². The first-order valence-corrected chi connectivity index (χ1v) is 14.2. The normalized spacial score (nSPS) is 18.7. The van der Waals surface area contributed by atoms with E-state index in [1.165, 1.54) is 7.11 Å². The van der Waals surface area contributed by atoms with Gasteiger partial charge in [0.25, 0.3) is 0 Å². The number of hydrogen-bond acceptors (Lipinski definition) is 10. The van der Waals surface area contributed by atoms with Crippen molar-refractivity contribution in [2.24, 2.45) is 0 Å². The van der Waals surface area contributed by atoms with Crippen LogP contribution in [0.5, 0.6) is 0 Å². The lowest BCUT2D eigenvalue weighted by molar-refractivity contribution is -0.152. The summed E-state index contributed by atoms with van der Waals surface area (Å²) < 4.78 is 5.09. The number of aldehydes is 1. The van der Waals surface area contributed by atoms with Crippen molar-refractivity contribution < 1.29 is 44.3 Å². The molecule has 1 fully saturated rings. The first-order valence-electron chi connectivity index (χ1n) is 14.2. The van der Waals surface area contributed by atoms with Crippen LogP contribution in [0, 0.1) is 0 Å². The van der Waals surface area contributed by atoms with E-state index in [-0.39, 0.29) is 12.2 Å². The number of methoxy groups -OCH3 is 1. The minimum Gasteiger partial charge on any atom is -0.467 e. The van der Waals surface area contributed by atoms with Crippen molar-refractivity contribution in [1.82, 2.24) is 10.6 Å². The number of anilines is 1. The molecule has 2 aromatic carbocycles. The van der Waals surface area contributed by atoms with Crippen LogP contribution in [0.15, 0.2) is 54.6 Å². The maximum absolute atomic E-state index is 13.2. The van der Waals surface area contributed by atoms with Crippen LogP contribution >= 0.6 is 0 Å². The van der Waals surface area contributed by atoms with Gasteiger partial charge in [-0.15, -0.1) is 0 Å². The summed E-state index contributed by atoms with van der Waals surface area (Å²) in [4.78, 5) is 52.6. The minimum atomic E-state index is -1.85. The lowest BCUT2D eigenvalue weighted by Gasteiger charge is -2.41. The van der Waals surface area contributed by atoms with Gasteiger partial charge >= 0.3 is 5.97 Å². The second-order valence-corrected chi connectivity index (χ2v) is 10.9. The number of nitrogens with one attached hydrogen (secondary N) is 2. The second kappa shape index (κ2) is 15.1. The zero-order valence-corrected chi connectivity index (χ0v) is 24.6. The first-order chi connectivity index (χ1) is 20.5. The van der Waals surface area contributed by atoms with Gasteiger partial charge in [0.15, 0.2) is 0 Å². The van der Waals surface area contributed by atoms with Gasteiger partial charge in [-0.25, -0.2) is 4.79 Å². The zero-order chi connectivity index (χ0) is 31.7. The fourth-order valence-electron chi connectivity index (χ4n) is 5.14. The van der Waals surface area contributed by atoms with Crippen molar-refractivity contribution in [2.45, 2.75) is 68.4 Å². The Kier molecular flexibility index (Phi) is 11.8. The highest BCUT2D eigenvalue weighted by molar-refractivity contribution is 5.91. The van der Waals surface area contributed by atoms with Crippen LogP contribution in [-0.4, -0.2) is 101 Å². The molecule has 1 aliphatic rings. The Morgan fingerprint density at radius 2 is 1.53 bits per heavy atom. The van der Waals surface area contributed by atoms with E-state index in [1.807, 2.05) is 47.4 Å². The van der Waals surface area contributed by atoms with Gasteiger partial charge in [-0.3, -0.25) is 9.59 Å². The van der Waals surface area contributed by atoms with Gasteiger partial charge in [0.05, 0.1) is 25.6 Å². The lowest BCUT2D eigenvalue weighted by Crippen LogP contribution is -2.61. The molecule has 0 aliphatic carbocycles. The lowest BCUT2D eigenvalue weighted by atomic mass is 9.85. The van der Waals surface area contributed by atoms with Crippen LogP contribution in [0.3, 0.4) is 0 Å². The van der Waals surface area contributed by atoms with Gasteiger partial charge in [-0.2, -0.15) is 0 Å². The molecule has 6 atom stereocenters. The maximum Gasteiger partial charge on any atom is 0.331 e. The van der Waals surface area contributed by atoms with E-state index in [1.54, 1.807) is 26.0 Å². The zero-order valence-electron chi connectivity index (χ0n) is 24.6. The minimum absolute atomic E-state index is 0.250. The molecule has 43 heavy (non-hydrogen) atoms. The van der Waals surface area contributed by atoms with Gasteiger partial charge in [0, 0.05) is 18.8 Å². The Hall–Kier alpha value is -3.84. The summed E-state index contributed by atoms with van der Waals surface area (Å²) in [6, 6.07) is 15.0. The van der Waals surface area contributed by atoms with E-state index in [2.05, 4.69) is 10.6 Å². The maximum atomic E-state index is 13.2. The smallest absolute Gasteiger partial charge is 0.331 e. The number of hydrogen-bond donors (Lipinski definition) is 6. The molecule has 6 N–H and O–H groups in total. The van der Waals surface area contributed by atoms with Gasteiger partial charge in [-0.05, 0) is 49.9 Å². The number of carbonyl (C=O) groups excluding carboxylic acids is 4. The molecule has 0 bridgehead atoms. The van der Waals surface area contributed by atoms with Crippen LogP contribution in [0.4, 0.5) is 5.69 Å². The predicted molar refractivity (Wildman–Crippen MR) is 157 cm³/mol. The Morgan fingerprint density at radius 3 is 2.12 bits per heavy atom. The number of carbonyl (C=O) groups is 4. The van der Waals surface area contributed by atoms with Gasteiger partial charge < -0.3 is 45.5 Å².